The summed E-state index contributed by atoms with van der Waals surface area (Å²) in [6.07, 6.45) is 3.79. The summed E-state index contributed by atoms with van der Waals surface area (Å²) in [6.45, 7) is 9.56. The van der Waals surface area contributed by atoms with Gasteiger partial charge in [-0.3, -0.25) is 0 Å². The minimum atomic E-state index is 0.621. The molecule has 2 heteroatoms. The van der Waals surface area contributed by atoms with Gasteiger partial charge in [0.15, 0.2) is 0 Å². The molecule has 2 nitrogen and oxygen atoms in total. The van der Waals surface area contributed by atoms with E-state index < -0.39 is 0 Å². The zero-order chi connectivity index (χ0) is 10.3. The third-order valence-corrected chi connectivity index (χ3v) is 2.13. The molecule has 0 aliphatic carbocycles. The summed E-state index contributed by atoms with van der Waals surface area (Å²) in [5, 5.41) is 6.60. The second-order valence-electron chi connectivity index (χ2n) is 3.58. The lowest BCUT2D eigenvalue weighted by Crippen LogP contribution is -2.14. The number of rotatable bonds is 1. The van der Waals surface area contributed by atoms with E-state index in [-0.39, 0.29) is 0 Å². The smallest absolute Gasteiger partial charge is 0.0406 e. The van der Waals surface area contributed by atoms with Crippen molar-refractivity contribution in [2.75, 3.05) is 13.6 Å². The minimum Gasteiger partial charge on any atom is -0.300 e. The lowest BCUT2D eigenvalue weighted by Gasteiger charge is -2.12. The van der Waals surface area contributed by atoms with Gasteiger partial charge in [-0.25, -0.2) is 0 Å². The van der Waals surface area contributed by atoms with E-state index in [0.717, 1.165) is 6.54 Å². The van der Waals surface area contributed by atoms with E-state index in [9.17, 15) is 0 Å². The highest BCUT2D eigenvalue weighted by Crippen LogP contribution is 2.11. The van der Waals surface area contributed by atoms with Gasteiger partial charge in [-0.15, -0.1) is 0 Å². The number of nitrogens with zero attached hydrogens (tertiary/aromatic N) is 2. The van der Waals surface area contributed by atoms with Gasteiger partial charge in [0.1, 0.15) is 0 Å². The van der Waals surface area contributed by atoms with Crippen molar-refractivity contribution in [3.63, 3.8) is 0 Å². The van der Waals surface area contributed by atoms with Crippen LogP contribution in [0.25, 0.3) is 0 Å². The standard InChI is InChI=1S/C9H18N2.C2H6/c1-8(2)9-6-4-5-7-11(3)10-9;1-2/h8H,4-7H2,1-3H3;1-2H3. The Morgan fingerprint density at radius 1 is 1.23 bits per heavy atom. The van der Waals surface area contributed by atoms with Gasteiger partial charge in [0.05, 0.1) is 0 Å². The summed E-state index contributed by atoms with van der Waals surface area (Å²) in [5.74, 6) is 0.621. The maximum absolute atomic E-state index is 4.53. The second kappa shape index (κ2) is 6.93. The normalized spacial score (nSPS) is 17.4. The quantitative estimate of drug-likeness (QED) is 0.611. The van der Waals surface area contributed by atoms with E-state index in [1.54, 1.807) is 0 Å². The summed E-state index contributed by atoms with van der Waals surface area (Å²) >= 11 is 0. The molecule has 0 bridgehead atoms. The van der Waals surface area contributed by atoms with Gasteiger partial charge in [0.25, 0.3) is 0 Å². The lowest BCUT2D eigenvalue weighted by molar-refractivity contribution is 0.353. The lowest BCUT2D eigenvalue weighted by atomic mass is 10.0. The fourth-order valence-corrected chi connectivity index (χ4v) is 1.37. The SMILES string of the molecule is CC.CC(C)C1=NN(C)CCCC1. The fraction of sp³-hybridized carbons (Fsp3) is 0.909. The number of hydrazone groups is 1. The molecule has 0 atom stereocenters. The predicted molar refractivity (Wildman–Crippen MR) is 60.1 cm³/mol. The van der Waals surface area contributed by atoms with Crippen molar-refractivity contribution >= 4 is 5.71 Å². The van der Waals surface area contributed by atoms with Gasteiger partial charge in [-0.2, -0.15) is 5.10 Å². The molecule has 13 heavy (non-hydrogen) atoms. The maximum atomic E-state index is 4.53. The molecule has 1 aliphatic heterocycles. The highest BCUT2D eigenvalue weighted by atomic mass is 15.4. The van der Waals surface area contributed by atoms with Crippen molar-refractivity contribution in [3.05, 3.63) is 0 Å². The average molecular weight is 184 g/mol. The highest BCUT2D eigenvalue weighted by Gasteiger charge is 2.09. The van der Waals surface area contributed by atoms with Crippen LogP contribution in [0.3, 0.4) is 0 Å². The Hall–Kier alpha value is -0.530. The van der Waals surface area contributed by atoms with Gasteiger partial charge < -0.3 is 5.01 Å². The van der Waals surface area contributed by atoms with Gasteiger partial charge >= 0.3 is 0 Å². The predicted octanol–water partition coefficient (Wildman–Crippen LogP) is 3.14. The molecule has 0 amide bonds. The molecule has 0 aromatic heterocycles. The van der Waals surface area contributed by atoms with Crippen LogP contribution in [0.5, 0.6) is 0 Å². The topological polar surface area (TPSA) is 15.6 Å². The molecule has 0 N–H and O–H groups in total. The van der Waals surface area contributed by atoms with Crippen molar-refractivity contribution < 1.29 is 0 Å². The first-order valence-corrected chi connectivity index (χ1v) is 5.48. The van der Waals surface area contributed by atoms with Crippen molar-refractivity contribution in [2.45, 2.75) is 47.0 Å². The molecule has 0 fully saturated rings. The Balaban J connectivity index is 0.000000671. The summed E-state index contributed by atoms with van der Waals surface area (Å²) < 4.78 is 0. The summed E-state index contributed by atoms with van der Waals surface area (Å²) in [6, 6.07) is 0. The van der Waals surface area contributed by atoms with Crippen LogP contribution in [0.15, 0.2) is 5.10 Å². The maximum Gasteiger partial charge on any atom is 0.0406 e. The molecule has 0 radical (unpaired) electrons. The Morgan fingerprint density at radius 2 is 1.85 bits per heavy atom. The van der Waals surface area contributed by atoms with E-state index in [2.05, 4.69) is 31.0 Å². The van der Waals surface area contributed by atoms with Crippen LogP contribution >= 0.6 is 0 Å². The molecule has 1 heterocycles. The summed E-state index contributed by atoms with van der Waals surface area (Å²) in [4.78, 5) is 0. The van der Waals surface area contributed by atoms with Crippen LogP contribution in [0.4, 0.5) is 0 Å². The van der Waals surface area contributed by atoms with Crippen LogP contribution in [-0.2, 0) is 0 Å². The van der Waals surface area contributed by atoms with Gasteiger partial charge in [0, 0.05) is 19.3 Å². The van der Waals surface area contributed by atoms with Gasteiger partial charge in [-0.05, 0) is 25.2 Å². The summed E-state index contributed by atoms with van der Waals surface area (Å²) in [7, 11) is 2.06. The Labute approximate surface area is 83.0 Å². The third-order valence-electron chi connectivity index (χ3n) is 2.13. The second-order valence-corrected chi connectivity index (χ2v) is 3.58. The fourth-order valence-electron chi connectivity index (χ4n) is 1.37. The molecule has 0 spiro atoms. The minimum absolute atomic E-state index is 0.621. The zero-order valence-corrected chi connectivity index (χ0v) is 9.80. The molecular weight excluding hydrogens is 160 g/mol. The first-order chi connectivity index (χ1) is 6.20. The monoisotopic (exact) mass is 184 g/mol. The van der Waals surface area contributed by atoms with E-state index in [4.69, 9.17) is 0 Å². The number of hydrogen-bond acceptors (Lipinski definition) is 2. The van der Waals surface area contributed by atoms with Crippen molar-refractivity contribution in [1.29, 1.82) is 0 Å². The molecular formula is C11H24N2. The largest absolute Gasteiger partial charge is 0.300 e. The highest BCUT2D eigenvalue weighted by molar-refractivity contribution is 5.86. The van der Waals surface area contributed by atoms with Crippen LogP contribution in [0.1, 0.15) is 47.0 Å². The molecule has 0 saturated carbocycles. The Kier molecular flexibility index (Phi) is 6.65. The average Bonchev–Trinajstić information content (AvgIpc) is 2.33. The van der Waals surface area contributed by atoms with Gasteiger partial charge in [0.2, 0.25) is 0 Å². The molecule has 78 valence electrons. The molecule has 0 unspecified atom stereocenters. The first kappa shape index (κ1) is 12.5. The van der Waals surface area contributed by atoms with Crippen molar-refractivity contribution in [3.8, 4) is 0 Å². The van der Waals surface area contributed by atoms with Gasteiger partial charge in [-0.1, -0.05) is 27.7 Å². The zero-order valence-electron chi connectivity index (χ0n) is 9.80. The van der Waals surface area contributed by atoms with Crippen LogP contribution < -0.4 is 0 Å². The van der Waals surface area contributed by atoms with Crippen LogP contribution in [-0.4, -0.2) is 24.3 Å². The van der Waals surface area contributed by atoms with E-state index in [1.807, 2.05) is 13.8 Å². The molecule has 0 aromatic carbocycles. The van der Waals surface area contributed by atoms with Crippen LogP contribution in [0, 0.1) is 5.92 Å². The molecule has 1 rings (SSSR count). The molecule has 0 aromatic rings. The number of hydrogen-bond donors (Lipinski definition) is 0. The van der Waals surface area contributed by atoms with Crippen LogP contribution in [0.2, 0.25) is 0 Å². The molecule has 0 saturated heterocycles. The van der Waals surface area contributed by atoms with E-state index in [0.29, 0.717) is 5.92 Å². The Bertz CT molecular complexity index is 150. The third kappa shape index (κ3) is 4.91. The summed E-state index contributed by atoms with van der Waals surface area (Å²) in [5.41, 5.74) is 1.37. The Morgan fingerprint density at radius 3 is 2.38 bits per heavy atom. The van der Waals surface area contributed by atoms with E-state index >= 15 is 0 Å². The first-order valence-electron chi connectivity index (χ1n) is 5.48. The van der Waals surface area contributed by atoms with Crippen molar-refractivity contribution in [2.24, 2.45) is 11.0 Å². The van der Waals surface area contributed by atoms with Crippen molar-refractivity contribution in [1.82, 2.24) is 5.01 Å². The molecule has 1 aliphatic rings. The van der Waals surface area contributed by atoms with E-state index in [1.165, 1.54) is 25.0 Å².